The van der Waals surface area contributed by atoms with Crippen molar-refractivity contribution in [3.05, 3.63) is 48.0 Å². The molecule has 0 spiro atoms. The Morgan fingerprint density at radius 3 is 2.38 bits per heavy atom. The summed E-state index contributed by atoms with van der Waals surface area (Å²) in [5.74, 6) is -1.95. The second-order valence-electron chi connectivity index (χ2n) is 5.98. The van der Waals surface area contributed by atoms with Gasteiger partial charge in [-0.25, -0.2) is 0 Å². The summed E-state index contributed by atoms with van der Waals surface area (Å²) in [5.41, 5.74) is 1.02. The van der Waals surface area contributed by atoms with Gasteiger partial charge >= 0.3 is 5.97 Å². The molecule has 1 fully saturated rings. The summed E-state index contributed by atoms with van der Waals surface area (Å²) in [6.45, 7) is 1.92. The van der Waals surface area contributed by atoms with Crippen LogP contribution in [-0.4, -0.2) is 17.0 Å². The lowest BCUT2D eigenvalue weighted by Crippen LogP contribution is -2.41. The van der Waals surface area contributed by atoms with E-state index in [-0.39, 0.29) is 23.8 Å². The number of benzene rings is 1. The summed E-state index contributed by atoms with van der Waals surface area (Å²) in [4.78, 5) is 24.0. The van der Waals surface area contributed by atoms with Crippen LogP contribution in [-0.2, 0) is 9.59 Å². The summed E-state index contributed by atoms with van der Waals surface area (Å²) in [5, 5.41) is 12.4. The number of carboxylic acid groups (broad SMARTS) is 1. The third-order valence-corrected chi connectivity index (χ3v) is 4.71. The molecule has 3 rings (SSSR count). The fraction of sp³-hybridized carbons (Fsp3) is 0.412. The van der Waals surface area contributed by atoms with Gasteiger partial charge in [-0.2, -0.15) is 0 Å². The molecular weight excluding hydrogens is 266 g/mol. The number of carbonyl (C=O) groups excluding carboxylic acids is 1. The summed E-state index contributed by atoms with van der Waals surface area (Å²) >= 11 is 0. The molecule has 4 nitrogen and oxygen atoms in total. The third kappa shape index (κ3) is 2.46. The molecular formula is C17H19NO3. The van der Waals surface area contributed by atoms with Crippen LogP contribution in [0.5, 0.6) is 0 Å². The van der Waals surface area contributed by atoms with E-state index in [0.717, 1.165) is 12.0 Å². The van der Waals surface area contributed by atoms with Gasteiger partial charge in [-0.05, 0) is 30.7 Å². The van der Waals surface area contributed by atoms with Crippen molar-refractivity contribution in [2.24, 2.45) is 23.7 Å². The van der Waals surface area contributed by atoms with Crippen LogP contribution >= 0.6 is 0 Å². The molecule has 1 amide bonds. The minimum Gasteiger partial charge on any atom is -0.481 e. The molecule has 0 aromatic heterocycles. The van der Waals surface area contributed by atoms with Gasteiger partial charge in [0, 0.05) is 0 Å². The Balaban J connectivity index is 1.73. The zero-order valence-electron chi connectivity index (χ0n) is 11.9. The normalized spacial score (nSPS) is 31.1. The molecule has 0 heterocycles. The Bertz CT molecular complexity index is 581. The molecule has 2 aliphatic carbocycles. The molecule has 0 radical (unpaired) electrons. The molecule has 21 heavy (non-hydrogen) atoms. The van der Waals surface area contributed by atoms with Crippen LogP contribution in [0.25, 0.3) is 0 Å². The van der Waals surface area contributed by atoms with Crippen molar-refractivity contribution < 1.29 is 14.7 Å². The number of aliphatic carboxylic acids is 1. The fourth-order valence-electron chi connectivity index (χ4n) is 3.65. The molecule has 0 unspecified atom stereocenters. The average Bonchev–Trinajstić information content (AvgIpc) is 3.08. The molecule has 2 bridgehead atoms. The second-order valence-corrected chi connectivity index (χ2v) is 5.98. The second kappa shape index (κ2) is 5.35. The summed E-state index contributed by atoms with van der Waals surface area (Å²) in [7, 11) is 0. The zero-order chi connectivity index (χ0) is 15.0. The summed E-state index contributed by atoms with van der Waals surface area (Å²) in [6, 6.07) is 9.59. The number of hydrogen-bond donors (Lipinski definition) is 2. The van der Waals surface area contributed by atoms with E-state index in [0.29, 0.717) is 0 Å². The van der Waals surface area contributed by atoms with E-state index < -0.39 is 17.8 Å². The van der Waals surface area contributed by atoms with E-state index in [2.05, 4.69) is 5.32 Å². The van der Waals surface area contributed by atoms with Crippen LogP contribution in [0.1, 0.15) is 24.9 Å². The van der Waals surface area contributed by atoms with Crippen LogP contribution in [0.15, 0.2) is 42.5 Å². The number of carbonyl (C=O) groups is 2. The number of hydrogen-bond acceptors (Lipinski definition) is 2. The Labute approximate surface area is 123 Å². The van der Waals surface area contributed by atoms with E-state index in [1.54, 1.807) is 0 Å². The molecule has 2 N–H and O–H groups in total. The van der Waals surface area contributed by atoms with Gasteiger partial charge in [0.15, 0.2) is 0 Å². The summed E-state index contributed by atoms with van der Waals surface area (Å²) in [6.07, 6.45) is 4.74. The lowest BCUT2D eigenvalue weighted by atomic mass is 9.82. The monoisotopic (exact) mass is 285 g/mol. The van der Waals surface area contributed by atoms with Crippen LogP contribution in [0.4, 0.5) is 0 Å². The first kappa shape index (κ1) is 13.9. The average molecular weight is 285 g/mol. The molecule has 0 saturated heterocycles. The van der Waals surface area contributed by atoms with E-state index in [1.165, 1.54) is 0 Å². The Kier molecular flexibility index (Phi) is 3.53. The number of amides is 1. The predicted octanol–water partition coefficient (Wildman–Crippen LogP) is 2.39. The SMILES string of the molecule is C[C@@H](NC(=O)[C@H]1[C@@H](C(=O)O)[C@H]2C=C[C@H]1C2)c1ccccc1. The van der Waals surface area contributed by atoms with Crippen LogP contribution in [0.3, 0.4) is 0 Å². The predicted molar refractivity (Wildman–Crippen MR) is 78.4 cm³/mol. The van der Waals surface area contributed by atoms with Gasteiger partial charge in [-0.3, -0.25) is 9.59 Å². The smallest absolute Gasteiger partial charge is 0.307 e. The minimum atomic E-state index is -0.862. The largest absolute Gasteiger partial charge is 0.481 e. The lowest BCUT2D eigenvalue weighted by molar-refractivity contribution is -0.148. The van der Waals surface area contributed by atoms with E-state index in [1.807, 2.05) is 49.4 Å². The third-order valence-electron chi connectivity index (χ3n) is 4.71. The van der Waals surface area contributed by atoms with Crippen LogP contribution in [0, 0.1) is 23.7 Å². The minimum absolute atomic E-state index is 0.00952. The Hall–Kier alpha value is -2.10. The molecule has 1 saturated carbocycles. The van der Waals surface area contributed by atoms with Crippen molar-refractivity contribution in [1.82, 2.24) is 5.32 Å². The van der Waals surface area contributed by atoms with Gasteiger partial charge in [0.25, 0.3) is 0 Å². The van der Waals surface area contributed by atoms with E-state index >= 15 is 0 Å². The first-order chi connectivity index (χ1) is 10.1. The van der Waals surface area contributed by atoms with Crippen LogP contribution < -0.4 is 5.32 Å². The van der Waals surface area contributed by atoms with Gasteiger partial charge in [0.2, 0.25) is 5.91 Å². The highest BCUT2D eigenvalue weighted by Crippen LogP contribution is 2.48. The highest BCUT2D eigenvalue weighted by Gasteiger charge is 2.51. The van der Waals surface area contributed by atoms with E-state index in [4.69, 9.17) is 0 Å². The van der Waals surface area contributed by atoms with E-state index in [9.17, 15) is 14.7 Å². The number of carboxylic acids is 1. The number of allylic oxidation sites excluding steroid dienone is 2. The first-order valence-corrected chi connectivity index (χ1v) is 7.34. The maximum Gasteiger partial charge on any atom is 0.307 e. The number of fused-ring (bicyclic) bond motifs is 2. The quantitative estimate of drug-likeness (QED) is 0.835. The molecule has 1 aromatic rings. The van der Waals surface area contributed by atoms with Gasteiger partial charge in [-0.1, -0.05) is 42.5 Å². The first-order valence-electron chi connectivity index (χ1n) is 7.34. The van der Waals surface area contributed by atoms with Crippen LogP contribution in [0.2, 0.25) is 0 Å². The van der Waals surface area contributed by atoms with Crippen molar-refractivity contribution in [2.45, 2.75) is 19.4 Å². The number of nitrogens with one attached hydrogen (secondary N) is 1. The van der Waals surface area contributed by atoms with Crippen molar-refractivity contribution in [2.75, 3.05) is 0 Å². The van der Waals surface area contributed by atoms with Crippen molar-refractivity contribution in [3.8, 4) is 0 Å². The molecule has 0 aliphatic heterocycles. The maximum absolute atomic E-state index is 12.5. The highest BCUT2D eigenvalue weighted by molar-refractivity contribution is 5.87. The van der Waals surface area contributed by atoms with Crippen molar-refractivity contribution in [1.29, 1.82) is 0 Å². The molecule has 1 aromatic carbocycles. The lowest BCUT2D eigenvalue weighted by Gasteiger charge is -2.25. The standard InChI is InChI=1S/C17H19NO3/c1-10(11-5-3-2-4-6-11)18-16(19)14-12-7-8-13(9-12)15(14)17(20)21/h2-8,10,12-15H,9H2,1H3,(H,18,19)(H,20,21)/t10-,12+,13+,14-,15+/m1/s1. The number of rotatable bonds is 4. The van der Waals surface area contributed by atoms with Gasteiger partial charge in [0.05, 0.1) is 17.9 Å². The molecule has 110 valence electrons. The Morgan fingerprint density at radius 1 is 1.14 bits per heavy atom. The highest BCUT2D eigenvalue weighted by atomic mass is 16.4. The van der Waals surface area contributed by atoms with Crippen molar-refractivity contribution >= 4 is 11.9 Å². The summed E-state index contributed by atoms with van der Waals surface area (Å²) < 4.78 is 0. The molecule has 5 atom stereocenters. The van der Waals surface area contributed by atoms with Gasteiger partial charge < -0.3 is 10.4 Å². The van der Waals surface area contributed by atoms with Gasteiger partial charge in [-0.15, -0.1) is 0 Å². The Morgan fingerprint density at radius 2 is 1.76 bits per heavy atom. The topological polar surface area (TPSA) is 66.4 Å². The zero-order valence-corrected chi connectivity index (χ0v) is 11.9. The maximum atomic E-state index is 12.5. The molecule has 4 heteroatoms. The van der Waals surface area contributed by atoms with Gasteiger partial charge in [0.1, 0.15) is 0 Å². The fourth-order valence-corrected chi connectivity index (χ4v) is 3.65. The molecule has 2 aliphatic rings. The van der Waals surface area contributed by atoms with Crippen molar-refractivity contribution in [3.63, 3.8) is 0 Å².